The van der Waals surface area contributed by atoms with Crippen molar-refractivity contribution in [3.05, 3.63) is 58.1 Å². The van der Waals surface area contributed by atoms with E-state index >= 15 is 0 Å². The van der Waals surface area contributed by atoms with Crippen LogP contribution in [0.5, 0.6) is 5.75 Å². The summed E-state index contributed by atoms with van der Waals surface area (Å²) in [6.45, 7) is 6.95. The van der Waals surface area contributed by atoms with Crippen molar-refractivity contribution < 1.29 is 22.7 Å². The summed E-state index contributed by atoms with van der Waals surface area (Å²) >= 11 is 3.30. The molecule has 0 spiro atoms. The number of nitrogens with zero attached hydrogens (tertiary/aromatic N) is 1. The van der Waals surface area contributed by atoms with Gasteiger partial charge in [-0.05, 0) is 71.1 Å². The van der Waals surface area contributed by atoms with Crippen LogP contribution in [-0.4, -0.2) is 32.6 Å². The molecule has 8 nitrogen and oxygen atoms in total. The Morgan fingerprint density at radius 1 is 1.16 bits per heavy atom. The van der Waals surface area contributed by atoms with Crippen LogP contribution in [0, 0.1) is 12.8 Å². The molecule has 2 N–H and O–H groups in total. The predicted molar refractivity (Wildman–Crippen MR) is 126 cm³/mol. The fourth-order valence-corrected chi connectivity index (χ4v) is 4.42. The van der Waals surface area contributed by atoms with Crippen LogP contribution in [0.2, 0.25) is 0 Å². The molecule has 2 aromatic rings. The number of carbonyl (C=O) groups is 2. The van der Waals surface area contributed by atoms with E-state index in [9.17, 15) is 18.0 Å². The third-order valence-electron chi connectivity index (χ3n) is 4.25. The minimum Gasteiger partial charge on any atom is -0.426 e. The van der Waals surface area contributed by atoms with Crippen LogP contribution >= 0.6 is 15.9 Å². The van der Waals surface area contributed by atoms with Gasteiger partial charge in [0, 0.05) is 6.92 Å². The van der Waals surface area contributed by atoms with Crippen molar-refractivity contribution in [2.24, 2.45) is 11.0 Å². The van der Waals surface area contributed by atoms with Gasteiger partial charge in [0.1, 0.15) is 11.8 Å². The van der Waals surface area contributed by atoms with Crippen LogP contribution in [0.15, 0.2) is 56.9 Å². The summed E-state index contributed by atoms with van der Waals surface area (Å²) in [6.07, 6.45) is 1.70. The maximum absolute atomic E-state index is 12.7. The first-order valence-corrected chi connectivity index (χ1v) is 12.2. The van der Waals surface area contributed by atoms with Crippen molar-refractivity contribution in [1.82, 2.24) is 10.1 Å². The Morgan fingerprint density at radius 3 is 2.38 bits per heavy atom. The van der Waals surface area contributed by atoms with Gasteiger partial charge >= 0.3 is 5.97 Å². The van der Waals surface area contributed by atoms with Gasteiger partial charge in [-0.2, -0.15) is 9.82 Å². The Labute approximate surface area is 196 Å². The highest BCUT2D eigenvalue weighted by molar-refractivity contribution is 9.10. The Hall–Kier alpha value is -2.56. The number of hydrogen-bond acceptors (Lipinski definition) is 6. The van der Waals surface area contributed by atoms with Gasteiger partial charge in [-0.25, -0.2) is 13.8 Å². The molecule has 1 atom stereocenters. The van der Waals surface area contributed by atoms with E-state index in [4.69, 9.17) is 4.74 Å². The summed E-state index contributed by atoms with van der Waals surface area (Å²) < 4.78 is 33.5. The number of carbonyl (C=O) groups excluding carboxylic acids is 2. The predicted octanol–water partition coefficient (Wildman–Crippen LogP) is 3.53. The van der Waals surface area contributed by atoms with Gasteiger partial charge in [0.2, 0.25) is 10.0 Å². The number of amides is 1. The highest BCUT2D eigenvalue weighted by Gasteiger charge is 2.26. The molecule has 2 aromatic carbocycles. The number of esters is 1. The second kappa shape index (κ2) is 11.3. The lowest BCUT2D eigenvalue weighted by atomic mass is 10.0. The summed E-state index contributed by atoms with van der Waals surface area (Å²) in [5.74, 6) is -0.577. The Morgan fingerprint density at radius 2 is 1.81 bits per heavy atom. The minimum atomic E-state index is -3.87. The molecular weight excluding hydrogens is 498 g/mol. The fraction of sp³-hybridized carbons (Fsp3) is 0.318. The van der Waals surface area contributed by atoms with Crippen LogP contribution in [0.25, 0.3) is 0 Å². The number of aryl methyl sites for hydroxylation is 1. The van der Waals surface area contributed by atoms with Crippen LogP contribution in [-0.2, 0) is 19.6 Å². The van der Waals surface area contributed by atoms with E-state index in [0.717, 1.165) is 5.56 Å². The first kappa shape index (κ1) is 25.7. The topological polar surface area (TPSA) is 114 Å². The number of nitrogens with one attached hydrogen (secondary N) is 2. The second-order valence-electron chi connectivity index (χ2n) is 7.63. The molecule has 32 heavy (non-hydrogen) atoms. The highest BCUT2D eigenvalue weighted by atomic mass is 79.9. The van der Waals surface area contributed by atoms with Gasteiger partial charge in [0.05, 0.1) is 15.6 Å². The highest BCUT2D eigenvalue weighted by Crippen LogP contribution is 2.25. The zero-order valence-corrected chi connectivity index (χ0v) is 20.7. The van der Waals surface area contributed by atoms with Crippen LogP contribution in [0.4, 0.5) is 0 Å². The maximum Gasteiger partial charge on any atom is 0.308 e. The van der Waals surface area contributed by atoms with Gasteiger partial charge in [-0.3, -0.25) is 9.59 Å². The van der Waals surface area contributed by atoms with E-state index in [1.165, 1.54) is 25.3 Å². The third kappa shape index (κ3) is 7.85. The molecule has 1 amide bonds. The van der Waals surface area contributed by atoms with Crippen molar-refractivity contribution in [3.8, 4) is 5.75 Å². The quantitative estimate of drug-likeness (QED) is 0.226. The standard InChI is InChI=1S/C22H26BrN3O5S/c1-14(2)11-20(26-32(29,30)18-8-5-15(3)6-9-18)22(28)25-24-13-17-7-10-21(19(23)12-17)31-16(4)27/h5-10,12-14,20,26H,11H2,1-4H3,(H,25,28)/b24-13-/t20-/m1/s1. The zero-order valence-electron chi connectivity index (χ0n) is 18.3. The molecule has 0 fully saturated rings. The van der Waals surface area contributed by atoms with E-state index in [0.29, 0.717) is 22.2 Å². The van der Waals surface area contributed by atoms with E-state index in [1.54, 1.807) is 30.3 Å². The molecule has 0 heterocycles. The van der Waals surface area contributed by atoms with Crippen molar-refractivity contribution in [1.29, 1.82) is 0 Å². The third-order valence-corrected chi connectivity index (χ3v) is 6.36. The summed E-state index contributed by atoms with van der Waals surface area (Å²) in [5, 5.41) is 3.93. The molecule has 0 aliphatic carbocycles. The van der Waals surface area contributed by atoms with Gasteiger partial charge < -0.3 is 4.74 Å². The Bertz CT molecular complexity index is 1100. The normalized spacial score (nSPS) is 12.7. The molecule has 0 unspecified atom stereocenters. The summed E-state index contributed by atoms with van der Waals surface area (Å²) in [5.41, 5.74) is 3.95. The fourth-order valence-electron chi connectivity index (χ4n) is 2.74. The number of rotatable bonds is 9. The zero-order chi connectivity index (χ0) is 23.9. The SMILES string of the molecule is CC(=O)Oc1ccc(/C=N\NC(=O)[C@@H](CC(C)C)NS(=O)(=O)c2ccc(C)cc2)cc1Br. The van der Waals surface area contributed by atoms with Gasteiger partial charge in [0.25, 0.3) is 5.91 Å². The van der Waals surface area contributed by atoms with Crippen LogP contribution < -0.4 is 14.9 Å². The average Bonchev–Trinajstić information content (AvgIpc) is 2.69. The number of benzene rings is 2. The van der Waals surface area contributed by atoms with Crippen molar-refractivity contribution in [2.45, 2.75) is 45.1 Å². The van der Waals surface area contributed by atoms with E-state index in [1.807, 2.05) is 20.8 Å². The number of hydrazone groups is 1. The van der Waals surface area contributed by atoms with E-state index in [-0.39, 0.29) is 10.8 Å². The summed E-state index contributed by atoms with van der Waals surface area (Å²) in [7, 11) is -3.87. The largest absolute Gasteiger partial charge is 0.426 e. The minimum absolute atomic E-state index is 0.0697. The van der Waals surface area contributed by atoms with E-state index < -0.39 is 27.9 Å². The maximum atomic E-state index is 12.7. The average molecular weight is 524 g/mol. The molecule has 172 valence electrons. The monoisotopic (exact) mass is 523 g/mol. The lowest BCUT2D eigenvalue weighted by molar-refractivity contribution is -0.132. The Balaban J connectivity index is 2.10. The molecule has 2 rings (SSSR count). The molecule has 0 radical (unpaired) electrons. The van der Waals surface area contributed by atoms with Gasteiger partial charge in [0.15, 0.2) is 0 Å². The molecule has 0 saturated carbocycles. The van der Waals surface area contributed by atoms with Crippen LogP contribution in [0.1, 0.15) is 38.3 Å². The lowest BCUT2D eigenvalue weighted by Crippen LogP contribution is -2.46. The van der Waals surface area contributed by atoms with Crippen molar-refractivity contribution in [2.75, 3.05) is 0 Å². The molecular formula is C22H26BrN3O5S. The smallest absolute Gasteiger partial charge is 0.308 e. The van der Waals surface area contributed by atoms with Crippen molar-refractivity contribution >= 4 is 44.0 Å². The van der Waals surface area contributed by atoms with Gasteiger partial charge in [-0.1, -0.05) is 31.5 Å². The van der Waals surface area contributed by atoms with Crippen molar-refractivity contribution in [3.63, 3.8) is 0 Å². The molecule has 0 saturated heterocycles. The second-order valence-corrected chi connectivity index (χ2v) is 10.2. The Kier molecular flexibility index (Phi) is 9.11. The first-order chi connectivity index (χ1) is 15.0. The lowest BCUT2D eigenvalue weighted by Gasteiger charge is -2.19. The molecule has 0 bridgehead atoms. The number of ether oxygens (including phenoxy) is 1. The number of hydrogen-bond donors (Lipinski definition) is 2. The van der Waals surface area contributed by atoms with Gasteiger partial charge in [-0.15, -0.1) is 0 Å². The number of halogens is 1. The molecule has 0 aromatic heterocycles. The molecule has 0 aliphatic rings. The summed E-state index contributed by atoms with van der Waals surface area (Å²) in [4.78, 5) is 23.8. The number of sulfonamides is 1. The van der Waals surface area contributed by atoms with Crippen LogP contribution in [0.3, 0.4) is 0 Å². The van der Waals surface area contributed by atoms with E-state index in [2.05, 4.69) is 31.2 Å². The molecule has 10 heteroatoms. The first-order valence-electron chi connectivity index (χ1n) is 9.88. The molecule has 0 aliphatic heterocycles. The summed E-state index contributed by atoms with van der Waals surface area (Å²) in [6, 6.07) is 10.3.